The Balaban J connectivity index is 0.00000289. The second-order valence-electron chi connectivity index (χ2n) is 8.41. The molecular weight excluding hydrogens is 481 g/mol. The molecule has 2 aliphatic heterocycles. The van der Waals surface area contributed by atoms with Gasteiger partial charge >= 0.3 is 29.6 Å². The van der Waals surface area contributed by atoms with Gasteiger partial charge in [-0.3, -0.25) is 9.19 Å². The van der Waals surface area contributed by atoms with Crippen molar-refractivity contribution >= 4 is 21.8 Å². The summed E-state index contributed by atoms with van der Waals surface area (Å²) in [6, 6.07) is 9.30. The van der Waals surface area contributed by atoms with Crippen LogP contribution in [0.1, 0.15) is 31.0 Å². The number of hydrogen-bond donors (Lipinski definition) is 0. The van der Waals surface area contributed by atoms with Crippen molar-refractivity contribution in [1.82, 2.24) is 15.0 Å². The summed E-state index contributed by atoms with van der Waals surface area (Å²) in [4.78, 5) is 13.2. The fraction of sp³-hybridized carbons (Fsp3) is 0.500. The van der Waals surface area contributed by atoms with Crippen LogP contribution in [-0.4, -0.2) is 58.8 Å². The minimum atomic E-state index is -1.41. The normalized spacial score (nSPS) is 19.5. The van der Waals surface area contributed by atoms with E-state index in [9.17, 15) is 4.21 Å². The Morgan fingerprint density at radius 2 is 1.86 bits per heavy atom. The van der Waals surface area contributed by atoms with Crippen LogP contribution in [0.5, 0.6) is 5.75 Å². The van der Waals surface area contributed by atoms with Crippen LogP contribution < -0.4 is 39.3 Å². The van der Waals surface area contributed by atoms with Crippen LogP contribution in [0, 0.1) is 6.92 Å². The van der Waals surface area contributed by atoms with Crippen molar-refractivity contribution in [3.8, 4) is 5.75 Å². The molecule has 0 N–H and O–H groups in total. The summed E-state index contributed by atoms with van der Waals surface area (Å²) < 4.78 is 42.4. The van der Waals surface area contributed by atoms with E-state index in [4.69, 9.17) is 23.7 Å². The zero-order chi connectivity index (χ0) is 23.6. The molecule has 1 unspecified atom stereocenters. The largest absolute Gasteiger partial charge is 1.00 e. The number of para-hydroxylation sites is 2. The molecule has 1 aromatic carbocycles. The molecule has 0 saturated carbocycles. The van der Waals surface area contributed by atoms with Gasteiger partial charge in [0.05, 0.1) is 42.1 Å². The maximum Gasteiger partial charge on any atom is 1.00 e. The Bertz CT molecular complexity index is 1140. The third-order valence-corrected chi connectivity index (χ3v) is 7.37. The molecule has 1 atom stereocenters. The first-order chi connectivity index (χ1) is 16.5. The number of hydrogen-bond acceptors (Lipinski definition) is 8. The Kier molecular flexibility index (Phi) is 8.65. The van der Waals surface area contributed by atoms with Gasteiger partial charge in [0.15, 0.2) is 5.79 Å². The van der Waals surface area contributed by atoms with E-state index in [1.807, 2.05) is 44.2 Å². The van der Waals surface area contributed by atoms with Crippen molar-refractivity contribution in [3.63, 3.8) is 0 Å². The fourth-order valence-electron chi connectivity index (χ4n) is 4.11. The topological polar surface area (TPSA) is 103 Å². The fourth-order valence-corrected chi connectivity index (χ4v) is 5.18. The van der Waals surface area contributed by atoms with Gasteiger partial charge in [0, 0.05) is 23.3 Å². The molecule has 1 spiro atoms. The number of imidazole rings is 1. The van der Waals surface area contributed by atoms with E-state index in [0.717, 1.165) is 16.6 Å². The summed E-state index contributed by atoms with van der Waals surface area (Å²) in [5, 5.41) is 0.318. The van der Waals surface area contributed by atoms with Gasteiger partial charge in [-0.25, -0.2) is 0 Å². The maximum absolute atomic E-state index is 12.9. The van der Waals surface area contributed by atoms with Gasteiger partial charge in [0.1, 0.15) is 19.0 Å². The molecule has 11 heteroatoms. The molecule has 2 aliphatic rings. The van der Waals surface area contributed by atoms with Crippen LogP contribution in [0.3, 0.4) is 0 Å². The van der Waals surface area contributed by atoms with E-state index < -0.39 is 22.4 Å². The Hall–Kier alpha value is -1.37. The SMILES string of the molecule is CCC1(CCOc2ccnc(CS(=O)c3nc4ccccc4[n-]3)c2C)OCC2(CO1)OCCO2.[Na+]. The second-order valence-corrected chi connectivity index (χ2v) is 9.76. The Morgan fingerprint density at radius 3 is 2.57 bits per heavy atom. The summed E-state index contributed by atoms with van der Waals surface area (Å²) in [6.07, 6.45) is 2.90. The minimum absolute atomic E-state index is 0. The molecule has 2 saturated heterocycles. The third kappa shape index (κ3) is 5.80. The molecule has 35 heavy (non-hydrogen) atoms. The van der Waals surface area contributed by atoms with Crippen LogP contribution in [0.25, 0.3) is 11.0 Å². The van der Waals surface area contributed by atoms with Gasteiger partial charge in [-0.1, -0.05) is 31.2 Å². The predicted octanol–water partition coefficient (Wildman–Crippen LogP) is -0.128. The van der Waals surface area contributed by atoms with E-state index in [2.05, 4.69) is 15.0 Å². The van der Waals surface area contributed by atoms with E-state index >= 15 is 0 Å². The van der Waals surface area contributed by atoms with Gasteiger partial charge in [0.2, 0.25) is 5.79 Å². The predicted molar refractivity (Wildman–Crippen MR) is 124 cm³/mol. The van der Waals surface area contributed by atoms with Crippen LogP contribution in [0.15, 0.2) is 41.7 Å². The first-order valence-corrected chi connectivity index (χ1v) is 12.7. The Morgan fingerprint density at radius 1 is 1.11 bits per heavy atom. The van der Waals surface area contributed by atoms with Gasteiger partial charge in [0.25, 0.3) is 0 Å². The van der Waals surface area contributed by atoms with Crippen molar-refractivity contribution in [2.45, 2.75) is 49.2 Å². The number of benzene rings is 1. The van der Waals surface area contributed by atoms with Gasteiger partial charge < -0.3 is 33.7 Å². The quantitative estimate of drug-likeness (QED) is 0.384. The number of fused-ring (bicyclic) bond motifs is 1. The van der Waals surface area contributed by atoms with Crippen molar-refractivity contribution in [1.29, 1.82) is 0 Å². The van der Waals surface area contributed by atoms with Gasteiger partial charge in [-0.2, -0.15) is 0 Å². The second kappa shape index (κ2) is 11.4. The molecule has 2 aromatic heterocycles. The maximum atomic E-state index is 12.9. The molecule has 182 valence electrons. The molecule has 0 amide bonds. The average Bonchev–Trinajstić information content (AvgIpc) is 3.50. The molecule has 9 nitrogen and oxygen atoms in total. The van der Waals surface area contributed by atoms with Crippen LogP contribution in [0.4, 0.5) is 0 Å². The summed E-state index contributed by atoms with van der Waals surface area (Å²) in [6.45, 7) is 6.12. The number of aromatic nitrogens is 3. The molecule has 2 fully saturated rings. The molecule has 0 radical (unpaired) electrons. The third-order valence-electron chi connectivity index (χ3n) is 6.25. The summed E-state index contributed by atoms with van der Waals surface area (Å²) >= 11 is 0. The van der Waals surface area contributed by atoms with Crippen LogP contribution in [-0.2, 0) is 35.5 Å². The smallest absolute Gasteiger partial charge is 0.493 e. The minimum Gasteiger partial charge on any atom is -0.493 e. The molecule has 0 bridgehead atoms. The van der Waals surface area contributed by atoms with Crippen molar-refractivity contribution < 1.29 is 57.5 Å². The van der Waals surface area contributed by atoms with Crippen LogP contribution >= 0.6 is 0 Å². The molecule has 4 heterocycles. The number of ether oxygens (including phenoxy) is 5. The summed E-state index contributed by atoms with van der Waals surface area (Å²) in [5.41, 5.74) is 3.01. The zero-order valence-corrected chi connectivity index (χ0v) is 23.1. The van der Waals surface area contributed by atoms with Gasteiger partial charge in [-0.05, 0) is 30.4 Å². The number of pyridine rings is 1. The first-order valence-electron chi connectivity index (χ1n) is 11.4. The van der Waals surface area contributed by atoms with E-state index in [-0.39, 0.29) is 35.3 Å². The van der Waals surface area contributed by atoms with E-state index in [1.165, 1.54) is 0 Å². The molecule has 0 aliphatic carbocycles. The van der Waals surface area contributed by atoms with Gasteiger partial charge in [-0.15, -0.1) is 0 Å². The number of nitrogens with zero attached hydrogens (tertiary/aromatic N) is 3. The average molecular weight is 510 g/mol. The monoisotopic (exact) mass is 509 g/mol. The van der Waals surface area contributed by atoms with E-state index in [1.54, 1.807) is 6.20 Å². The summed E-state index contributed by atoms with van der Waals surface area (Å²) in [7, 11) is -1.41. The molecule has 3 aromatic rings. The molecule has 5 rings (SSSR count). The van der Waals surface area contributed by atoms with Crippen molar-refractivity contribution in [2.24, 2.45) is 0 Å². The van der Waals surface area contributed by atoms with Crippen molar-refractivity contribution in [2.75, 3.05) is 33.0 Å². The first kappa shape index (κ1) is 26.7. The van der Waals surface area contributed by atoms with Crippen LogP contribution in [0.2, 0.25) is 0 Å². The standard InChI is InChI=1S/C24H28N3O6S.Na/c1-3-23(32-15-24(16-33-23)30-12-13-31-24)9-11-29-21-8-10-25-20(17(21)2)14-34(28)22-26-18-6-4-5-7-19(18)27-22;/h4-8,10H,3,9,11-16H2,1-2H3;/q-1;+1. The molecular formula is C24H28N3NaO6S. The zero-order valence-electron chi connectivity index (χ0n) is 20.3. The van der Waals surface area contributed by atoms with Crippen molar-refractivity contribution in [3.05, 3.63) is 47.8 Å². The number of rotatable bonds is 8. The Labute approximate surface area is 229 Å². The summed E-state index contributed by atoms with van der Waals surface area (Å²) in [5.74, 6) is -0.602. The van der Waals surface area contributed by atoms with E-state index in [0.29, 0.717) is 62.5 Å².